The van der Waals surface area contributed by atoms with Crippen LogP contribution in [-0.4, -0.2) is 33.7 Å². The molecule has 0 aliphatic carbocycles. The number of nitrogens with zero attached hydrogens (tertiary/aromatic N) is 2. The second kappa shape index (κ2) is 7.98. The number of amides is 2. The van der Waals surface area contributed by atoms with Gasteiger partial charge in [0.05, 0.1) is 5.69 Å². The minimum Gasteiger partial charge on any atom is -0.326 e. The van der Waals surface area contributed by atoms with Crippen molar-refractivity contribution in [3.63, 3.8) is 0 Å². The van der Waals surface area contributed by atoms with Crippen LogP contribution in [0.5, 0.6) is 0 Å². The molecule has 1 N–H and O–H groups in total. The predicted octanol–water partition coefficient (Wildman–Crippen LogP) is 3.67. The van der Waals surface area contributed by atoms with E-state index in [1.54, 1.807) is 4.90 Å². The molecule has 2 aromatic rings. The molecule has 1 saturated heterocycles. The first-order chi connectivity index (χ1) is 12.2. The Kier molecular flexibility index (Phi) is 5.50. The minimum atomic E-state index is -0.439. The maximum Gasteiger partial charge on any atom is 0.242 e. The van der Waals surface area contributed by atoms with Crippen LogP contribution >= 0.6 is 11.8 Å². The average Bonchev–Trinajstić information content (AvgIpc) is 2.91. The van der Waals surface area contributed by atoms with E-state index < -0.39 is 5.25 Å². The number of benzene rings is 2. The normalized spacial score (nSPS) is 18.6. The van der Waals surface area contributed by atoms with Gasteiger partial charge in [0.25, 0.3) is 0 Å². The number of carbonyl (C=O) groups is 2. The molecule has 1 heterocycles. The molecule has 0 aromatic heterocycles. The molecule has 1 aliphatic rings. The number of thioether (sulfide) groups is 1. The molecule has 1 fully saturated rings. The first-order valence-corrected chi connectivity index (χ1v) is 9.02. The van der Waals surface area contributed by atoms with E-state index in [-0.39, 0.29) is 18.2 Å². The fourth-order valence-corrected chi connectivity index (χ4v) is 3.75. The van der Waals surface area contributed by atoms with Crippen molar-refractivity contribution >= 4 is 40.1 Å². The summed E-state index contributed by atoms with van der Waals surface area (Å²) in [6, 6.07) is 18.8. The Morgan fingerprint density at radius 1 is 1.12 bits per heavy atom. The molecule has 0 saturated carbocycles. The van der Waals surface area contributed by atoms with E-state index in [2.05, 4.69) is 10.3 Å². The van der Waals surface area contributed by atoms with Gasteiger partial charge in [0.2, 0.25) is 11.8 Å². The molecule has 1 unspecified atom stereocenters. The molecule has 1 aliphatic heterocycles. The second-order valence-corrected chi connectivity index (χ2v) is 6.71. The van der Waals surface area contributed by atoms with Gasteiger partial charge in [-0.1, -0.05) is 48.2 Å². The van der Waals surface area contributed by atoms with Gasteiger partial charge >= 0.3 is 0 Å². The summed E-state index contributed by atoms with van der Waals surface area (Å²) in [6.45, 7) is 2.44. The van der Waals surface area contributed by atoms with Crippen LogP contribution in [0.25, 0.3) is 0 Å². The molecular weight excluding hydrogens is 334 g/mol. The summed E-state index contributed by atoms with van der Waals surface area (Å²) in [5.74, 6) is -0.237. The molecule has 5 nitrogen and oxygen atoms in total. The lowest BCUT2D eigenvalue weighted by Gasteiger charge is -2.13. The molecule has 6 heteroatoms. The maximum absolute atomic E-state index is 12.6. The first-order valence-electron chi connectivity index (χ1n) is 8.14. The summed E-state index contributed by atoms with van der Waals surface area (Å²) in [4.78, 5) is 31.0. The summed E-state index contributed by atoms with van der Waals surface area (Å²) in [6.07, 6.45) is 0.128. The van der Waals surface area contributed by atoms with Gasteiger partial charge < -0.3 is 5.32 Å². The summed E-state index contributed by atoms with van der Waals surface area (Å²) in [5, 5.41) is 3.03. The quantitative estimate of drug-likeness (QED) is 0.892. The zero-order valence-electron chi connectivity index (χ0n) is 13.9. The van der Waals surface area contributed by atoms with Crippen molar-refractivity contribution in [2.24, 2.45) is 4.99 Å². The Hall–Kier alpha value is -2.60. The van der Waals surface area contributed by atoms with E-state index in [1.807, 2.05) is 67.6 Å². The van der Waals surface area contributed by atoms with Crippen LogP contribution in [0.4, 0.5) is 11.4 Å². The highest BCUT2D eigenvalue weighted by Crippen LogP contribution is 2.31. The van der Waals surface area contributed by atoms with Crippen LogP contribution in [0.3, 0.4) is 0 Å². The molecule has 1 atom stereocenters. The molecule has 2 aromatic carbocycles. The van der Waals surface area contributed by atoms with Crippen LogP contribution in [0, 0.1) is 0 Å². The van der Waals surface area contributed by atoms with Gasteiger partial charge in [0, 0.05) is 18.7 Å². The zero-order chi connectivity index (χ0) is 17.6. The highest BCUT2D eigenvalue weighted by Gasteiger charge is 2.38. The van der Waals surface area contributed by atoms with Crippen molar-refractivity contribution in [1.82, 2.24) is 4.90 Å². The molecule has 0 radical (unpaired) electrons. The van der Waals surface area contributed by atoms with Crippen molar-refractivity contribution in [1.29, 1.82) is 0 Å². The summed E-state index contributed by atoms with van der Waals surface area (Å²) in [7, 11) is 0. The van der Waals surface area contributed by atoms with Gasteiger partial charge in [-0.25, -0.2) is 4.99 Å². The van der Waals surface area contributed by atoms with Gasteiger partial charge in [-0.05, 0) is 31.2 Å². The number of nitrogens with one attached hydrogen (secondary N) is 1. The summed E-state index contributed by atoms with van der Waals surface area (Å²) >= 11 is 1.35. The van der Waals surface area contributed by atoms with E-state index >= 15 is 0 Å². The van der Waals surface area contributed by atoms with E-state index in [4.69, 9.17) is 0 Å². The predicted molar refractivity (Wildman–Crippen MR) is 102 cm³/mol. The van der Waals surface area contributed by atoms with Crippen LogP contribution in [-0.2, 0) is 9.59 Å². The SMILES string of the molecule is CCN1C(=O)C(CC(=O)Nc2ccccc2)SC1=Nc1ccccc1. The number of anilines is 1. The van der Waals surface area contributed by atoms with E-state index in [0.29, 0.717) is 11.7 Å². The molecule has 0 bridgehead atoms. The molecule has 3 rings (SSSR count). The van der Waals surface area contributed by atoms with Gasteiger partial charge in [-0.3, -0.25) is 14.5 Å². The Bertz CT molecular complexity index is 778. The van der Waals surface area contributed by atoms with Crippen molar-refractivity contribution in [3.8, 4) is 0 Å². The number of para-hydroxylation sites is 2. The van der Waals surface area contributed by atoms with Crippen LogP contribution in [0.2, 0.25) is 0 Å². The van der Waals surface area contributed by atoms with E-state index in [0.717, 1.165) is 11.4 Å². The molecular formula is C19H19N3O2S. The standard InChI is InChI=1S/C19H19N3O2S/c1-2-22-18(24)16(13-17(23)20-14-9-5-3-6-10-14)25-19(22)21-15-11-7-4-8-12-15/h3-12,16H,2,13H2,1H3,(H,20,23). The van der Waals surface area contributed by atoms with Gasteiger partial charge in [0.15, 0.2) is 5.17 Å². The van der Waals surface area contributed by atoms with Crippen LogP contribution < -0.4 is 5.32 Å². The molecule has 128 valence electrons. The van der Waals surface area contributed by atoms with E-state index in [9.17, 15) is 9.59 Å². The Balaban J connectivity index is 1.69. The third kappa shape index (κ3) is 4.28. The number of rotatable bonds is 5. The number of amidine groups is 1. The lowest BCUT2D eigenvalue weighted by molar-refractivity contribution is -0.128. The van der Waals surface area contributed by atoms with Crippen molar-refractivity contribution < 1.29 is 9.59 Å². The first kappa shape index (κ1) is 17.2. The molecule has 25 heavy (non-hydrogen) atoms. The lowest BCUT2D eigenvalue weighted by Crippen LogP contribution is -2.33. The van der Waals surface area contributed by atoms with Crippen LogP contribution in [0.15, 0.2) is 65.7 Å². The van der Waals surface area contributed by atoms with Gasteiger partial charge in [-0.2, -0.15) is 0 Å². The lowest BCUT2D eigenvalue weighted by atomic mass is 10.2. The Morgan fingerprint density at radius 2 is 1.76 bits per heavy atom. The summed E-state index contributed by atoms with van der Waals surface area (Å²) < 4.78 is 0. The third-order valence-electron chi connectivity index (χ3n) is 3.75. The Labute approximate surface area is 151 Å². The van der Waals surface area contributed by atoms with Gasteiger partial charge in [-0.15, -0.1) is 0 Å². The summed E-state index contributed by atoms with van der Waals surface area (Å²) in [5.41, 5.74) is 1.53. The second-order valence-electron chi connectivity index (χ2n) is 5.54. The molecule has 0 spiro atoms. The van der Waals surface area contributed by atoms with E-state index in [1.165, 1.54) is 11.8 Å². The molecule has 2 amide bonds. The Morgan fingerprint density at radius 3 is 2.40 bits per heavy atom. The van der Waals surface area contributed by atoms with Crippen molar-refractivity contribution in [3.05, 3.63) is 60.7 Å². The zero-order valence-corrected chi connectivity index (χ0v) is 14.7. The fraction of sp³-hybridized carbons (Fsp3) is 0.211. The van der Waals surface area contributed by atoms with Crippen molar-refractivity contribution in [2.45, 2.75) is 18.6 Å². The number of aliphatic imine (C=N–C) groups is 1. The number of hydrogen-bond donors (Lipinski definition) is 1. The highest BCUT2D eigenvalue weighted by molar-refractivity contribution is 8.15. The fourth-order valence-electron chi connectivity index (χ4n) is 2.53. The topological polar surface area (TPSA) is 61.8 Å². The number of hydrogen-bond acceptors (Lipinski definition) is 4. The average molecular weight is 353 g/mol. The van der Waals surface area contributed by atoms with Gasteiger partial charge in [0.1, 0.15) is 5.25 Å². The largest absolute Gasteiger partial charge is 0.326 e. The maximum atomic E-state index is 12.6. The van der Waals surface area contributed by atoms with Crippen LogP contribution in [0.1, 0.15) is 13.3 Å². The monoisotopic (exact) mass is 353 g/mol. The number of carbonyl (C=O) groups excluding carboxylic acids is 2. The highest BCUT2D eigenvalue weighted by atomic mass is 32.2. The third-order valence-corrected chi connectivity index (χ3v) is 4.92. The minimum absolute atomic E-state index is 0.0645. The smallest absolute Gasteiger partial charge is 0.242 e. The van der Waals surface area contributed by atoms with Crippen molar-refractivity contribution in [2.75, 3.05) is 11.9 Å².